The van der Waals surface area contributed by atoms with Crippen LogP contribution in [0.2, 0.25) is 0 Å². The van der Waals surface area contributed by atoms with Gasteiger partial charge in [0.25, 0.3) is 5.91 Å². The van der Waals surface area contributed by atoms with Gasteiger partial charge in [0, 0.05) is 17.7 Å². The summed E-state index contributed by atoms with van der Waals surface area (Å²) in [6, 6.07) is 14.9. The van der Waals surface area contributed by atoms with E-state index in [9.17, 15) is 4.79 Å². The SMILES string of the molecule is COc1cccc(C(=O)NC(=S)NCc2ccc(-c3nn4c(C)nnc4s3)cc2)c1. The topological polar surface area (TPSA) is 93.4 Å². The molecule has 0 fully saturated rings. The average Bonchev–Trinajstić information content (AvgIpc) is 3.34. The van der Waals surface area contributed by atoms with Crippen LogP contribution in [0.1, 0.15) is 21.7 Å². The molecule has 0 saturated heterocycles. The minimum Gasteiger partial charge on any atom is -0.497 e. The molecule has 2 N–H and O–H groups in total. The molecule has 1 amide bonds. The predicted molar refractivity (Wildman–Crippen MR) is 119 cm³/mol. The van der Waals surface area contributed by atoms with Gasteiger partial charge in [-0.15, -0.1) is 10.2 Å². The lowest BCUT2D eigenvalue weighted by molar-refractivity contribution is 0.0976. The summed E-state index contributed by atoms with van der Waals surface area (Å²) in [6.45, 7) is 2.36. The van der Waals surface area contributed by atoms with E-state index >= 15 is 0 Å². The molecule has 30 heavy (non-hydrogen) atoms. The average molecular weight is 439 g/mol. The van der Waals surface area contributed by atoms with E-state index in [1.807, 2.05) is 31.2 Å². The van der Waals surface area contributed by atoms with E-state index in [-0.39, 0.29) is 11.0 Å². The maximum atomic E-state index is 12.3. The minimum atomic E-state index is -0.291. The number of aryl methyl sites for hydroxylation is 1. The van der Waals surface area contributed by atoms with E-state index in [0.717, 1.165) is 26.9 Å². The van der Waals surface area contributed by atoms with Gasteiger partial charge in [-0.05, 0) is 42.9 Å². The van der Waals surface area contributed by atoms with E-state index in [1.54, 1.807) is 35.9 Å². The number of fused-ring (bicyclic) bond motifs is 1. The molecule has 0 aliphatic carbocycles. The van der Waals surface area contributed by atoms with E-state index < -0.39 is 0 Å². The van der Waals surface area contributed by atoms with Crippen LogP contribution >= 0.6 is 23.6 Å². The highest BCUT2D eigenvalue weighted by Gasteiger charge is 2.11. The second-order valence-electron chi connectivity index (χ2n) is 6.41. The van der Waals surface area contributed by atoms with Gasteiger partial charge in [-0.25, -0.2) is 0 Å². The first-order valence-corrected chi connectivity index (χ1v) is 10.3. The summed E-state index contributed by atoms with van der Waals surface area (Å²) < 4.78 is 6.87. The Bertz CT molecular complexity index is 1220. The van der Waals surface area contributed by atoms with Crippen molar-refractivity contribution in [1.82, 2.24) is 30.4 Å². The number of nitrogens with one attached hydrogen (secondary N) is 2. The molecule has 8 nitrogen and oxygen atoms in total. The number of carbonyl (C=O) groups is 1. The Balaban J connectivity index is 1.34. The molecular formula is C20H18N6O2S2. The van der Waals surface area contributed by atoms with Gasteiger partial charge >= 0.3 is 0 Å². The first kappa shape index (κ1) is 19.9. The lowest BCUT2D eigenvalue weighted by Crippen LogP contribution is -2.38. The van der Waals surface area contributed by atoms with Gasteiger partial charge in [-0.3, -0.25) is 10.1 Å². The molecule has 2 aromatic carbocycles. The highest BCUT2D eigenvalue weighted by molar-refractivity contribution is 7.80. The Morgan fingerprint density at radius 3 is 2.73 bits per heavy atom. The lowest BCUT2D eigenvalue weighted by atomic mass is 10.1. The van der Waals surface area contributed by atoms with Crippen LogP contribution in [-0.4, -0.2) is 37.9 Å². The van der Waals surface area contributed by atoms with Gasteiger partial charge in [0.15, 0.2) is 10.9 Å². The number of amides is 1. The van der Waals surface area contributed by atoms with Crippen molar-refractivity contribution in [2.24, 2.45) is 0 Å². The Labute approximate surface area is 181 Å². The quantitative estimate of drug-likeness (QED) is 0.463. The molecule has 0 bridgehead atoms. The van der Waals surface area contributed by atoms with Crippen LogP contribution in [0.15, 0.2) is 48.5 Å². The molecule has 2 heterocycles. The Morgan fingerprint density at radius 2 is 2.00 bits per heavy atom. The first-order valence-electron chi connectivity index (χ1n) is 9.05. The van der Waals surface area contributed by atoms with Crippen LogP contribution in [0.4, 0.5) is 0 Å². The van der Waals surface area contributed by atoms with E-state index in [1.165, 1.54) is 11.3 Å². The molecule has 0 spiro atoms. The predicted octanol–water partition coefficient (Wildman–Crippen LogP) is 2.97. The number of nitrogens with zero attached hydrogens (tertiary/aromatic N) is 4. The third-order valence-corrected chi connectivity index (χ3v) is 5.55. The number of hydrogen-bond acceptors (Lipinski definition) is 7. The number of ether oxygens (including phenoxy) is 1. The number of rotatable bonds is 5. The molecule has 152 valence electrons. The highest BCUT2D eigenvalue weighted by Crippen LogP contribution is 2.25. The number of benzene rings is 2. The zero-order valence-corrected chi connectivity index (χ0v) is 17.9. The standard InChI is InChI=1S/C20H18N6O2S2/c1-12-23-24-20-26(12)25-18(30-20)14-8-6-13(7-9-14)11-21-19(29)22-17(27)15-4-3-5-16(10-15)28-2/h3-10H,11H2,1-2H3,(H2,21,22,27,29). The largest absolute Gasteiger partial charge is 0.497 e. The summed E-state index contributed by atoms with van der Waals surface area (Å²) in [7, 11) is 1.55. The van der Waals surface area contributed by atoms with E-state index in [4.69, 9.17) is 17.0 Å². The molecule has 0 aliphatic heterocycles. The van der Waals surface area contributed by atoms with Gasteiger partial charge in [0.1, 0.15) is 10.8 Å². The molecule has 10 heteroatoms. The Hall–Kier alpha value is -3.37. The molecular weight excluding hydrogens is 420 g/mol. The van der Waals surface area contributed by atoms with Gasteiger partial charge < -0.3 is 10.1 Å². The smallest absolute Gasteiger partial charge is 0.257 e. The number of carbonyl (C=O) groups excluding carboxylic acids is 1. The summed E-state index contributed by atoms with van der Waals surface area (Å²) >= 11 is 6.72. The fourth-order valence-corrected chi connectivity index (χ4v) is 3.82. The zero-order chi connectivity index (χ0) is 21.1. The van der Waals surface area contributed by atoms with E-state index in [2.05, 4.69) is 25.9 Å². The summed E-state index contributed by atoms with van der Waals surface area (Å²) in [5.41, 5.74) is 2.50. The molecule has 0 radical (unpaired) electrons. The van der Waals surface area contributed by atoms with Crippen molar-refractivity contribution in [3.8, 4) is 16.3 Å². The summed E-state index contributed by atoms with van der Waals surface area (Å²) in [6.07, 6.45) is 0. The van der Waals surface area contributed by atoms with Crippen molar-refractivity contribution < 1.29 is 9.53 Å². The molecule has 4 rings (SSSR count). The number of thiocarbonyl (C=S) groups is 1. The van der Waals surface area contributed by atoms with Crippen molar-refractivity contribution in [1.29, 1.82) is 0 Å². The number of hydrogen-bond donors (Lipinski definition) is 2. The second-order valence-corrected chi connectivity index (χ2v) is 7.78. The summed E-state index contributed by atoms with van der Waals surface area (Å²) in [5.74, 6) is 1.08. The van der Waals surface area contributed by atoms with Crippen LogP contribution in [0, 0.1) is 6.92 Å². The van der Waals surface area contributed by atoms with Crippen molar-refractivity contribution in [3.05, 3.63) is 65.5 Å². The van der Waals surface area contributed by atoms with Crippen molar-refractivity contribution in [3.63, 3.8) is 0 Å². The molecule has 0 aliphatic rings. The van der Waals surface area contributed by atoms with Crippen LogP contribution in [0.3, 0.4) is 0 Å². The van der Waals surface area contributed by atoms with Gasteiger partial charge in [0.05, 0.1) is 7.11 Å². The zero-order valence-electron chi connectivity index (χ0n) is 16.2. The third kappa shape index (κ3) is 4.29. The maximum absolute atomic E-state index is 12.3. The minimum absolute atomic E-state index is 0.260. The fraction of sp³-hybridized carbons (Fsp3) is 0.150. The highest BCUT2D eigenvalue weighted by atomic mass is 32.1. The molecule has 0 saturated carbocycles. The third-order valence-electron chi connectivity index (χ3n) is 4.36. The van der Waals surface area contributed by atoms with Gasteiger partial charge in [-0.1, -0.05) is 41.7 Å². The van der Waals surface area contributed by atoms with Crippen molar-refractivity contribution in [2.45, 2.75) is 13.5 Å². The normalized spacial score (nSPS) is 10.7. The second kappa shape index (κ2) is 8.56. The van der Waals surface area contributed by atoms with Crippen molar-refractivity contribution in [2.75, 3.05) is 7.11 Å². The van der Waals surface area contributed by atoms with Crippen LogP contribution < -0.4 is 15.4 Å². The fourth-order valence-electron chi connectivity index (χ4n) is 2.76. The van der Waals surface area contributed by atoms with E-state index in [0.29, 0.717) is 17.9 Å². The first-order chi connectivity index (χ1) is 14.5. The molecule has 0 atom stereocenters. The molecule has 0 unspecified atom stereocenters. The van der Waals surface area contributed by atoms with Crippen molar-refractivity contribution >= 4 is 39.5 Å². The molecule has 4 aromatic rings. The maximum Gasteiger partial charge on any atom is 0.257 e. The lowest BCUT2D eigenvalue weighted by Gasteiger charge is -2.10. The number of aromatic nitrogens is 4. The summed E-state index contributed by atoms with van der Waals surface area (Å²) in [5, 5.41) is 19.5. The monoisotopic (exact) mass is 438 g/mol. The van der Waals surface area contributed by atoms with Crippen LogP contribution in [-0.2, 0) is 6.54 Å². The Morgan fingerprint density at radius 1 is 1.20 bits per heavy atom. The number of methoxy groups -OCH3 is 1. The van der Waals surface area contributed by atoms with Gasteiger partial charge in [0.2, 0.25) is 4.96 Å². The van der Waals surface area contributed by atoms with Gasteiger partial charge in [-0.2, -0.15) is 9.61 Å². The van der Waals surface area contributed by atoms with Crippen LogP contribution in [0.5, 0.6) is 5.75 Å². The summed E-state index contributed by atoms with van der Waals surface area (Å²) in [4.78, 5) is 13.1. The van der Waals surface area contributed by atoms with Crippen LogP contribution in [0.25, 0.3) is 15.5 Å². The molecule has 2 aromatic heterocycles. The Kier molecular flexibility index (Phi) is 5.68.